The van der Waals surface area contributed by atoms with Crippen LogP contribution in [-0.4, -0.2) is 116 Å². The maximum absolute atomic E-state index is 13.6. The molecule has 9 heteroatoms. The van der Waals surface area contributed by atoms with E-state index >= 15 is 0 Å². The Bertz CT molecular complexity index is 936. The van der Waals surface area contributed by atoms with E-state index in [-0.39, 0.29) is 29.7 Å². The molecule has 3 amide bonds. The molecule has 0 aromatic carbocycles. The predicted molar refractivity (Wildman–Crippen MR) is 134 cm³/mol. The van der Waals surface area contributed by atoms with Gasteiger partial charge in [0.15, 0.2) is 0 Å². The summed E-state index contributed by atoms with van der Waals surface area (Å²) < 4.78 is 0. The molecule has 2 atom stereocenters. The van der Waals surface area contributed by atoms with Gasteiger partial charge in [-0.3, -0.25) is 14.4 Å². The Balaban J connectivity index is 1.61. The standard InChI is InChI=1S/C25H37N5O3S/c1-26(2)11-12-27(3)24(32)21-22(18-8-5-6-9-19(18)28(4)25(21)33)29-13-15-30(16-14-29)23(31)20-10-7-17-34-20/h7,10,17-19H,5-6,8-9,11-16H2,1-4H3. The molecular formula is C25H37N5O3S. The van der Waals surface area contributed by atoms with E-state index in [1.54, 1.807) is 11.9 Å². The summed E-state index contributed by atoms with van der Waals surface area (Å²) >= 11 is 1.47. The van der Waals surface area contributed by atoms with E-state index in [0.717, 1.165) is 42.8 Å². The van der Waals surface area contributed by atoms with Crippen molar-refractivity contribution in [3.05, 3.63) is 33.7 Å². The molecule has 1 aromatic heterocycles. The largest absolute Gasteiger partial charge is 0.370 e. The highest BCUT2D eigenvalue weighted by Crippen LogP contribution is 2.41. The third kappa shape index (κ3) is 4.86. The summed E-state index contributed by atoms with van der Waals surface area (Å²) in [6.07, 6.45) is 4.19. The van der Waals surface area contributed by atoms with Crippen LogP contribution in [0.3, 0.4) is 0 Å². The lowest BCUT2D eigenvalue weighted by Gasteiger charge is -2.49. The first-order chi connectivity index (χ1) is 16.3. The van der Waals surface area contributed by atoms with Gasteiger partial charge in [0.25, 0.3) is 17.7 Å². The number of likely N-dealkylation sites (N-methyl/N-ethyl adjacent to an activating group) is 3. The quantitative estimate of drug-likeness (QED) is 0.573. The highest BCUT2D eigenvalue weighted by molar-refractivity contribution is 7.12. The fraction of sp³-hybridized carbons (Fsp3) is 0.640. The molecule has 2 fully saturated rings. The van der Waals surface area contributed by atoms with Gasteiger partial charge in [0, 0.05) is 71.0 Å². The van der Waals surface area contributed by atoms with E-state index in [4.69, 9.17) is 0 Å². The van der Waals surface area contributed by atoms with Crippen molar-refractivity contribution in [1.82, 2.24) is 24.5 Å². The maximum Gasteiger partial charge on any atom is 0.264 e. The van der Waals surface area contributed by atoms with Crippen LogP contribution in [0, 0.1) is 5.92 Å². The minimum absolute atomic E-state index is 0.0679. The third-order valence-electron chi connectivity index (χ3n) is 7.45. The highest BCUT2D eigenvalue weighted by atomic mass is 32.1. The van der Waals surface area contributed by atoms with Gasteiger partial charge in [0.1, 0.15) is 5.57 Å². The van der Waals surface area contributed by atoms with Crippen LogP contribution in [0.15, 0.2) is 28.8 Å². The molecule has 3 heterocycles. The average Bonchev–Trinajstić information content (AvgIpc) is 3.39. The van der Waals surface area contributed by atoms with Crippen LogP contribution in [-0.2, 0) is 9.59 Å². The lowest BCUT2D eigenvalue weighted by molar-refractivity contribution is -0.137. The van der Waals surface area contributed by atoms with Crippen molar-refractivity contribution in [2.45, 2.75) is 31.7 Å². The Kier molecular flexibility index (Phi) is 7.62. The summed E-state index contributed by atoms with van der Waals surface area (Å²) in [5, 5.41) is 1.92. The number of nitrogens with zero attached hydrogens (tertiary/aromatic N) is 5. The molecule has 1 aromatic rings. The minimum atomic E-state index is -0.185. The molecule has 0 bridgehead atoms. The van der Waals surface area contributed by atoms with Gasteiger partial charge in [-0.05, 0) is 38.4 Å². The molecule has 34 heavy (non-hydrogen) atoms. The van der Waals surface area contributed by atoms with Crippen LogP contribution < -0.4 is 0 Å². The maximum atomic E-state index is 13.6. The molecule has 186 valence electrons. The fourth-order valence-corrected chi connectivity index (χ4v) is 6.15. The Morgan fingerprint density at radius 2 is 1.76 bits per heavy atom. The molecule has 0 radical (unpaired) electrons. The number of hydrogen-bond donors (Lipinski definition) is 0. The molecule has 2 aliphatic heterocycles. The number of carbonyl (C=O) groups excluding carboxylic acids is 3. The summed E-state index contributed by atoms with van der Waals surface area (Å²) in [6.45, 7) is 3.79. The Labute approximate surface area is 206 Å². The van der Waals surface area contributed by atoms with Crippen molar-refractivity contribution in [3.8, 4) is 0 Å². The van der Waals surface area contributed by atoms with Crippen LogP contribution >= 0.6 is 11.3 Å². The van der Waals surface area contributed by atoms with E-state index in [1.165, 1.54) is 11.3 Å². The average molecular weight is 488 g/mol. The molecule has 3 aliphatic rings. The van der Waals surface area contributed by atoms with Gasteiger partial charge >= 0.3 is 0 Å². The van der Waals surface area contributed by atoms with Crippen LogP contribution in [0.25, 0.3) is 0 Å². The molecule has 1 saturated carbocycles. The normalized spacial score (nSPS) is 23.4. The third-order valence-corrected chi connectivity index (χ3v) is 8.31. The van der Waals surface area contributed by atoms with E-state index in [9.17, 15) is 14.4 Å². The second-order valence-electron chi connectivity index (χ2n) is 9.92. The molecule has 2 unspecified atom stereocenters. The van der Waals surface area contributed by atoms with Crippen molar-refractivity contribution in [1.29, 1.82) is 0 Å². The van der Waals surface area contributed by atoms with Crippen molar-refractivity contribution in [2.75, 3.05) is 67.5 Å². The van der Waals surface area contributed by atoms with Gasteiger partial charge in [0.2, 0.25) is 0 Å². The van der Waals surface area contributed by atoms with Crippen molar-refractivity contribution in [2.24, 2.45) is 5.92 Å². The first-order valence-electron chi connectivity index (χ1n) is 12.3. The van der Waals surface area contributed by atoms with Crippen LogP contribution in [0.5, 0.6) is 0 Å². The van der Waals surface area contributed by atoms with Crippen LogP contribution in [0.1, 0.15) is 35.4 Å². The molecular weight excluding hydrogens is 450 g/mol. The zero-order valence-corrected chi connectivity index (χ0v) is 21.6. The van der Waals surface area contributed by atoms with Crippen LogP contribution in [0.2, 0.25) is 0 Å². The van der Waals surface area contributed by atoms with Gasteiger partial charge in [-0.2, -0.15) is 0 Å². The van der Waals surface area contributed by atoms with E-state index in [1.807, 2.05) is 53.4 Å². The van der Waals surface area contributed by atoms with Crippen molar-refractivity contribution >= 4 is 29.1 Å². The zero-order chi connectivity index (χ0) is 24.4. The number of piperazine rings is 1. The number of carbonyl (C=O) groups is 3. The SMILES string of the molecule is CN(C)CCN(C)C(=O)C1=C(N2CCN(C(=O)c3cccs3)CC2)C2CCCCC2N(C)C1=O. The van der Waals surface area contributed by atoms with Crippen molar-refractivity contribution in [3.63, 3.8) is 0 Å². The molecule has 1 saturated heterocycles. The summed E-state index contributed by atoms with van der Waals surface area (Å²) in [7, 11) is 7.60. The van der Waals surface area contributed by atoms with Gasteiger partial charge in [-0.25, -0.2) is 0 Å². The van der Waals surface area contributed by atoms with E-state index < -0.39 is 0 Å². The Hall–Kier alpha value is -2.39. The molecule has 4 rings (SSSR count). The number of rotatable bonds is 6. The minimum Gasteiger partial charge on any atom is -0.370 e. The lowest BCUT2D eigenvalue weighted by Crippen LogP contribution is -2.57. The van der Waals surface area contributed by atoms with E-state index in [0.29, 0.717) is 38.3 Å². The summed E-state index contributed by atoms with van der Waals surface area (Å²) in [6, 6.07) is 3.91. The number of thiophene rings is 1. The first-order valence-corrected chi connectivity index (χ1v) is 13.2. The molecule has 0 N–H and O–H groups in total. The zero-order valence-electron chi connectivity index (χ0n) is 20.8. The molecule has 0 spiro atoms. The number of amides is 3. The first kappa shape index (κ1) is 24.7. The monoisotopic (exact) mass is 487 g/mol. The van der Waals surface area contributed by atoms with Crippen LogP contribution in [0.4, 0.5) is 0 Å². The summed E-state index contributed by atoms with van der Waals surface area (Å²) in [5.41, 5.74) is 1.27. The van der Waals surface area contributed by atoms with Gasteiger partial charge in [-0.15, -0.1) is 11.3 Å². The number of hydrogen-bond acceptors (Lipinski definition) is 6. The summed E-state index contributed by atoms with van der Waals surface area (Å²) in [4.78, 5) is 50.5. The fourth-order valence-electron chi connectivity index (χ4n) is 5.46. The topological polar surface area (TPSA) is 67.4 Å². The lowest BCUT2D eigenvalue weighted by atomic mass is 9.76. The smallest absolute Gasteiger partial charge is 0.264 e. The van der Waals surface area contributed by atoms with Crippen molar-refractivity contribution < 1.29 is 14.4 Å². The number of fused-ring (bicyclic) bond motifs is 1. The second-order valence-corrected chi connectivity index (χ2v) is 10.9. The predicted octanol–water partition coefficient (Wildman–Crippen LogP) is 1.81. The molecule has 8 nitrogen and oxygen atoms in total. The van der Waals surface area contributed by atoms with E-state index in [2.05, 4.69) is 4.90 Å². The second kappa shape index (κ2) is 10.5. The Morgan fingerprint density at radius 1 is 1.06 bits per heavy atom. The molecule has 1 aliphatic carbocycles. The highest BCUT2D eigenvalue weighted by Gasteiger charge is 2.46. The van der Waals surface area contributed by atoms with Gasteiger partial charge in [0.05, 0.1) is 4.88 Å². The van der Waals surface area contributed by atoms with Gasteiger partial charge in [-0.1, -0.05) is 18.9 Å². The Morgan fingerprint density at radius 3 is 2.41 bits per heavy atom. The van der Waals surface area contributed by atoms with Gasteiger partial charge < -0.3 is 24.5 Å². The summed E-state index contributed by atoms with van der Waals surface area (Å²) in [5.74, 6) is -0.0951.